The third kappa shape index (κ3) is 2.65. The van der Waals surface area contributed by atoms with Crippen LogP contribution in [0, 0.1) is 5.92 Å². The molecule has 1 aromatic carbocycles. The summed E-state index contributed by atoms with van der Waals surface area (Å²) in [7, 11) is 0. The van der Waals surface area contributed by atoms with Crippen molar-refractivity contribution in [2.75, 3.05) is 0 Å². The number of nitrogens with two attached hydrogens (primary N) is 1. The minimum Gasteiger partial charge on any atom is -0.322 e. The molecule has 0 saturated carbocycles. The highest BCUT2D eigenvalue weighted by Crippen LogP contribution is 2.18. The summed E-state index contributed by atoms with van der Waals surface area (Å²) in [4.78, 5) is 0. The number of nitrogens with zero attached hydrogens (tertiary/aromatic N) is 3. The van der Waals surface area contributed by atoms with Crippen LogP contribution in [-0.2, 0) is 0 Å². The lowest BCUT2D eigenvalue weighted by Gasteiger charge is -2.11. The Morgan fingerprint density at radius 1 is 1.35 bits per heavy atom. The molecule has 0 radical (unpaired) electrons. The van der Waals surface area contributed by atoms with E-state index in [1.165, 1.54) is 0 Å². The van der Waals surface area contributed by atoms with E-state index in [4.69, 9.17) is 17.3 Å². The Morgan fingerprint density at radius 2 is 2.12 bits per heavy atom. The first kappa shape index (κ1) is 12.1. The zero-order chi connectivity index (χ0) is 12.4. The van der Waals surface area contributed by atoms with Gasteiger partial charge in [0, 0.05) is 5.02 Å². The Hall–Kier alpha value is -1.39. The average molecular weight is 251 g/mol. The third-order valence-corrected chi connectivity index (χ3v) is 2.88. The van der Waals surface area contributed by atoms with E-state index in [2.05, 4.69) is 24.2 Å². The number of hydrogen-bond donors (Lipinski definition) is 1. The maximum Gasteiger partial charge on any atom is 0.100 e. The maximum atomic E-state index is 6.02. The van der Waals surface area contributed by atoms with E-state index in [-0.39, 0.29) is 6.04 Å². The van der Waals surface area contributed by atoms with Crippen LogP contribution >= 0.6 is 11.6 Å². The summed E-state index contributed by atoms with van der Waals surface area (Å²) in [5, 5.41) is 8.82. The molecule has 90 valence electrons. The molecule has 2 rings (SSSR count). The summed E-state index contributed by atoms with van der Waals surface area (Å²) in [6.45, 7) is 4.12. The molecule has 2 N–H and O–H groups in total. The second kappa shape index (κ2) is 4.85. The van der Waals surface area contributed by atoms with Gasteiger partial charge in [-0.15, -0.1) is 5.10 Å². The van der Waals surface area contributed by atoms with Crippen molar-refractivity contribution >= 4 is 11.6 Å². The maximum absolute atomic E-state index is 6.02. The summed E-state index contributed by atoms with van der Waals surface area (Å²) in [6, 6.07) is 7.36. The van der Waals surface area contributed by atoms with Crippen molar-refractivity contribution in [2.24, 2.45) is 11.7 Å². The quantitative estimate of drug-likeness (QED) is 0.911. The minimum absolute atomic E-state index is 0.0945. The minimum atomic E-state index is -0.0945. The molecule has 1 unspecified atom stereocenters. The number of rotatable bonds is 3. The van der Waals surface area contributed by atoms with E-state index < -0.39 is 0 Å². The van der Waals surface area contributed by atoms with Crippen LogP contribution in [0.4, 0.5) is 0 Å². The molecule has 4 nitrogen and oxygen atoms in total. The highest BCUT2D eigenvalue weighted by atomic mass is 35.5. The predicted molar refractivity (Wildman–Crippen MR) is 68.1 cm³/mol. The van der Waals surface area contributed by atoms with E-state index >= 15 is 0 Å². The summed E-state index contributed by atoms with van der Waals surface area (Å²) in [5.74, 6) is 0.333. The van der Waals surface area contributed by atoms with Crippen LogP contribution in [0.3, 0.4) is 0 Å². The summed E-state index contributed by atoms with van der Waals surface area (Å²) in [5.41, 5.74) is 7.69. The molecule has 0 aliphatic heterocycles. The highest BCUT2D eigenvalue weighted by Gasteiger charge is 2.14. The van der Waals surface area contributed by atoms with E-state index in [0.717, 1.165) is 11.4 Å². The first-order valence-corrected chi connectivity index (χ1v) is 5.89. The van der Waals surface area contributed by atoms with Crippen LogP contribution in [0.5, 0.6) is 0 Å². The molecule has 0 saturated heterocycles. The summed E-state index contributed by atoms with van der Waals surface area (Å²) >= 11 is 5.93. The smallest absolute Gasteiger partial charge is 0.100 e. The lowest BCUT2D eigenvalue weighted by molar-refractivity contribution is 0.502. The van der Waals surface area contributed by atoms with Crippen molar-refractivity contribution in [3.8, 4) is 5.69 Å². The van der Waals surface area contributed by atoms with Crippen LogP contribution in [-0.4, -0.2) is 15.0 Å². The molecule has 5 heteroatoms. The Labute approximate surface area is 105 Å². The van der Waals surface area contributed by atoms with Gasteiger partial charge in [0.05, 0.1) is 17.9 Å². The van der Waals surface area contributed by atoms with Crippen molar-refractivity contribution in [1.29, 1.82) is 0 Å². The van der Waals surface area contributed by atoms with Crippen LogP contribution in [0.15, 0.2) is 30.5 Å². The normalized spacial score (nSPS) is 13.0. The lowest BCUT2D eigenvalue weighted by atomic mass is 10.0. The molecule has 0 aliphatic rings. The van der Waals surface area contributed by atoms with Gasteiger partial charge in [-0.3, -0.25) is 0 Å². The van der Waals surface area contributed by atoms with Crippen molar-refractivity contribution in [3.63, 3.8) is 0 Å². The predicted octanol–water partition coefficient (Wildman–Crippen LogP) is 2.58. The van der Waals surface area contributed by atoms with Gasteiger partial charge in [-0.25, -0.2) is 4.68 Å². The first-order chi connectivity index (χ1) is 8.08. The monoisotopic (exact) mass is 250 g/mol. The molecular formula is C12H15ClN4. The van der Waals surface area contributed by atoms with E-state index in [9.17, 15) is 0 Å². The molecule has 1 atom stereocenters. The Kier molecular flexibility index (Phi) is 3.45. The summed E-state index contributed by atoms with van der Waals surface area (Å²) < 4.78 is 1.68. The molecular weight excluding hydrogens is 236 g/mol. The fourth-order valence-electron chi connectivity index (χ4n) is 1.52. The van der Waals surface area contributed by atoms with Gasteiger partial charge in [0.1, 0.15) is 5.69 Å². The summed E-state index contributed by atoms with van der Waals surface area (Å²) in [6.07, 6.45) is 1.84. The number of aromatic nitrogens is 3. The fraction of sp³-hybridized carbons (Fsp3) is 0.333. The lowest BCUT2D eigenvalue weighted by Crippen LogP contribution is -2.17. The van der Waals surface area contributed by atoms with E-state index in [1.54, 1.807) is 4.68 Å². The van der Waals surface area contributed by atoms with Crippen molar-refractivity contribution in [1.82, 2.24) is 15.0 Å². The van der Waals surface area contributed by atoms with Gasteiger partial charge in [-0.1, -0.05) is 36.7 Å². The van der Waals surface area contributed by atoms with Crippen LogP contribution < -0.4 is 5.73 Å². The van der Waals surface area contributed by atoms with Gasteiger partial charge >= 0.3 is 0 Å². The number of halogens is 1. The number of benzene rings is 1. The third-order valence-electron chi connectivity index (χ3n) is 2.64. The van der Waals surface area contributed by atoms with Crippen molar-refractivity contribution in [2.45, 2.75) is 19.9 Å². The van der Waals surface area contributed by atoms with Crippen LogP contribution in [0.1, 0.15) is 25.6 Å². The van der Waals surface area contributed by atoms with Gasteiger partial charge < -0.3 is 5.73 Å². The topological polar surface area (TPSA) is 56.7 Å². The molecule has 0 amide bonds. The molecule has 0 spiro atoms. The highest BCUT2D eigenvalue weighted by molar-refractivity contribution is 6.30. The Morgan fingerprint density at radius 3 is 2.76 bits per heavy atom. The number of hydrogen-bond acceptors (Lipinski definition) is 3. The standard InChI is InChI=1S/C12H15ClN4/c1-8(2)12(14)11-7-17(16-15-11)10-5-3-4-9(13)6-10/h3-8,12H,14H2,1-2H3. The van der Waals surface area contributed by atoms with Gasteiger partial charge in [0.15, 0.2) is 0 Å². The molecule has 1 heterocycles. The van der Waals surface area contributed by atoms with Gasteiger partial charge in [-0.05, 0) is 24.1 Å². The van der Waals surface area contributed by atoms with E-state index in [0.29, 0.717) is 10.9 Å². The van der Waals surface area contributed by atoms with Crippen LogP contribution in [0.2, 0.25) is 5.02 Å². The zero-order valence-corrected chi connectivity index (χ0v) is 10.6. The first-order valence-electron chi connectivity index (χ1n) is 5.51. The molecule has 17 heavy (non-hydrogen) atoms. The Balaban J connectivity index is 2.30. The van der Waals surface area contributed by atoms with Gasteiger partial charge in [0.25, 0.3) is 0 Å². The van der Waals surface area contributed by atoms with Gasteiger partial charge in [-0.2, -0.15) is 0 Å². The fourth-order valence-corrected chi connectivity index (χ4v) is 1.70. The Bertz CT molecular complexity index is 507. The molecule has 0 aliphatic carbocycles. The van der Waals surface area contributed by atoms with Crippen molar-refractivity contribution < 1.29 is 0 Å². The molecule has 0 bridgehead atoms. The van der Waals surface area contributed by atoms with Gasteiger partial charge in [0.2, 0.25) is 0 Å². The average Bonchev–Trinajstić information content (AvgIpc) is 2.77. The second-order valence-electron chi connectivity index (χ2n) is 4.34. The molecule has 0 fully saturated rings. The van der Waals surface area contributed by atoms with Crippen LogP contribution in [0.25, 0.3) is 5.69 Å². The zero-order valence-electron chi connectivity index (χ0n) is 9.84. The SMILES string of the molecule is CC(C)C(N)c1cn(-c2cccc(Cl)c2)nn1. The van der Waals surface area contributed by atoms with Crippen molar-refractivity contribution in [3.05, 3.63) is 41.2 Å². The molecule has 1 aromatic heterocycles. The second-order valence-corrected chi connectivity index (χ2v) is 4.77. The molecule has 2 aromatic rings. The van der Waals surface area contributed by atoms with E-state index in [1.807, 2.05) is 30.5 Å². The largest absolute Gasteiger partial charge is 0.322 e.